The highest BCUT2D eigenvalue weighted by atomic mass is 15.1. The summed E-state index contributed by atoms with van der Waals surface area (Å²) in [4.78, 5) is 4.61. The minimum atomic E-state index is 0.0356. The van der Waals surface area contributed by atoms with E-state index in [0.29, 0.717) is 0 Å². The Morgan fingerprint density at radius 3 is 2.29 bits per heavy atom. The van der Waals surface area contributed by atoms with E-state index in [1.165, 1.54) is 0 Å². The van der Waals surface area contributed by atoms with Crippen LogP contribution in [0.3, 0.4) is 0 Å². The van der Waals surface area contributed by atoms with Crippen LogP contribution in [0.2, 0.25) is 0 Å². The summed E-state index contributed by atoms with van der Waals surface area (Å²) >= 11 is 0. The topological polar surface area (TPSA) is 43.8 Å². The maximum Gasteiger partial charge on any atom is 0.127 e. The van der Waals surface area contributed by atoms with Gasteiger partial charge >= 0.3 is 0 Å². The third-order valence-corrected chi connectivity index (χ3v) is 2.42. The van der Waals surface area contributed by atoms with E-state index in [1.807, 2.05) is 11.6 Å². The lowest BCUT2D eigenvalue weighted by Crippen LogP contribution is -2.14. The lowest BCUT2D eigenvalue weighted by molar-refractivity contribution is 0.572. The van der Waals surface area contributed by atoms with Crippen LogP contribution >= 0.6 is 0 Å². The van der Waals surface area contributed by atoms with Gasteiger partial charge in [0.05, 0.1) is 5.69 Å². The smallest absolute Gasteiger partial charge is 0.127 e. The standard InChI is InChI=1S/C11H21N3/c1-6-7-8-13-9(11(2,3)4)10(12)14(8)5/h6-7,12H2,1-5H3. The summed E-state index contributed by atoms with van der Waals surface area (Å²) < 4.78 is 2.00. The molecule has 0 fully saturated rings. The normalized spacial score (nSPS) is 12.1. The fraction of sp³-hybridized carbons (Fsp3) is 0.727. The van der Waals surface area contributed by atoms with E-state index in [1.54, 1.807) is 0 Å². The first-order chi connectivity index (χ1) is 6.38. The highest BCUT2D eigenvalue weighted by molar-refractivity contribution is 5.42. The Morgan fingerprint density at radius 2 is 1.93 bits per heavy atom. The minimum Gasteiger partial charge on any atom is -0.384 e. The third kappa shape index (κ3) is 1.91. The average molecular weight is 195 g/mol. The fourth-order valence-corrected chi connectivity index (χ4v) is 1.56. The molecule has 1 aromatic heterocycles. The second-order valence-corrected chi connectivity index (χ2v) is 4.82. The molecule has 2 N–H and O–H groups in total. The van der Waals surface area contributed by atoms with Gasteiger partial charge < -0.3 is 10.3 Å². The van der Waals surface area contributed by atoms with Crippen LogP contribution in [-0.4, -0.2) is 9.55 Å². The average Bonchev–Trinajstić information content (AvgIpc) is 2.32. The molecule has 0 bridgehead atoms. The minimum absolute atomic E-state index is 0.0356. The Kier molecular flexibility index (Phi) is 2.88. The van der Waals surface area contributed by atoms with E-state index >= 15 is 0 Å². The molecule has 0 spiro atoms. The van der Waals surface area contributed by atoms with Gasteiger partial charge in [0.1, 0.15) is 11.6 Å². The van der Waals surface area contributed by atoms with Crippen molar-refractivity contribution in [2.24, 2.45) is 7.05 Å². The predicted octanol–water partition coefficient (Wildman–Crippen LogP) is 2.25. The second kappa shape index (κ2) is 3.64. The molecular weight excluding hydrogens is 174 g/mol. The maximum atomic E-state index is 6.02. The molecule has 0 aliphatic carbocycles. The van der Waals surface area contributed by atoms with E-state index in [2.05, 4.69) is 32.7 Å². The quantitative estimate of drug-likeness (QED) is 0.786. The summed E-state index contributed by atoms with van der Waals surface area (Å²) in [7, 11) is 1.99. The molecule has 1 heterocycles. The first-order valence-electron chi connectivity index (χ1n) is 5.19. The molecule has 0 aliphatic heterocycles. The third-order valence-electron chi connectivity index (χ3n) is 2.42. The lowest BCUT2D eigenvalue weighted by Gasteiger charge is -2.15. The van der Waals surface area contributed by atoms with E-state index in [0.717, 1.165) is 30.2 Å². The molecule has 80 valence electrons. The first kappa shape index (κ1) is 11.1. The number of aromatic nitrogens is 2. The van der Waals surface area contributed by atoms with Gasteiger partial charge in [-0.2, -0.15) is 0 Å². The van der Waals surface area contributed by atoms with Crippen molar-refractivity contribution in [3.63, 3.8) is 0 Å². The van der Waals surface area contributed by atoms with Crippen molar-refractivity contribution in [1.29, 1.82) is 0 Å². The molecule has 0 aromatic carbocycles. The highest BCUT2D eigenvalue weighted by Gasteiger charge is 2.22. The monoisotopic (exact) mass is 195 g/mol. The second-order valence-electron chi connectivity index (χ2n) is 4.82. The molecule has 0 saturated carbocycles. The molecule has 3 nitrogen and oxygen atoms in total. The fourth-order valence-electron chi connectivity index (χ4n) is 1.56. The zero-order chi connectivity index (χ0) is 10.9. The summed E-state index contributed by atoms with van der Waals surface area (Å²) in [6.45, 7) is 8.58. The van der Waals surface area contributed by atoms with Crippen molar-refractivity contribution in [3.05, 3.63) is 11.5 Å². The summed E-state index contributed by atoms with van der Waals surface area (Å²) in [5.41, 5.74) is 7.07. The maximum absolute atomic E-state index is 6.02. The van der Waals surface area contributed by atoms with Gasteiger partial charge in [-0.25, -0.2) is 4.98 Å². The number of aryl methyl sites for hydroxylation is 1. The number of hydrogen-bond acceptors (Lipinski definition) is 2. The largest absolute Gasteiger partial charge is 0.384 e. The van der Waals surface area contributed by atoms with Crippen molar-refractivity contribution < 1.29 is 0 Å². The molecule has 14 heavy (non-hydrogen) atoms. The number of imidazole rings is 1. The Bertz CT molecular complexity index is 318. The SMILES string of the molecule is CCCc1nc(C(C)(C)C)c(N)n1C. The molecular formula is C11H21N3. The van der Waals surface area contributed by atoms with Gasteiger partial charge in [-0.15, -0.1) is 0 Å². The Morgan fingerprint density at radius 1 is 1.36 bits per heavy atom. The first-order valence-corrected chi connectivity index (χ1v) is 5.19. The Balaban J connectivity index is 3.15. The van der Waals surface area contributed by atoms with Crippen LogP contribution in [0.15, 0.2) is 0 Å². The Labute approximate surface area is 86.3 Å². The van der Waals surface area contributed by atoms with E-state index < -0.39 is 0 Å². The van der Waals surface area contributed by atoms with Crippen LogP contribution in [0, 0.1) is 0 Å². The summed E-state index contributed by atoms with van der Waals surface area (Å²) in [5, 5.41) is 0. The van der Waals surface area contributed by atoms with Crippen molar-refractivity contribution >= 4 is 5.82 Å². The molecule has 3 heteroatoms. The molecule has 1 aromatic rings. The van der Waals surface area contributed by atoms with E-state index in [9.17, 15) is 0 Å². The van der Waals surface area contributed by atoms with Gasteiger partial charge in [-0.3, -0.25) is 0 Å². The van der Waals surface area contributed by atoms with Crippen molar-refractivity contribution in [3.8, 4) is 0 Å². The van der Waals surface area contributed by atoms with Crippen molar-refractivity contribution in [2.75, 3.05) is 5.73 Å². The number of hydrogen-bond donors (Lipinski definition) is 1. The number of nitrogens with zero attached hydrogens (tertiary/aromatic N) is 2. The molecule has 0 unspecified atom stereocenters. The van der Waals surface area contributed by atoms with Gasteiger partial charge in [0.25, 0.3) is 0 Å². The van der Waals surface area contributed by atoms with Crippen LogP contribution in [0.1, 0.15) is 45.6 Å². The number of nitrogens with two attached hydrogens (primary N) is 1. The van der Waals surface area contributed by atoms with E-state index in [4.69, 9.17) is 5.73 Å². The van der Waals surface area contributed by atoms with Crippen LogP contribution in [0.25, 0.3) is 0 Å². The Hall–Kier alpha value is -0.990. The van der Waals surface area contributed by atoms with Crippen molar-refractivity contribution in [1.82, 2.24) is 9.55 Å². The van der Waals surface area contributed by atoms with Gasteiger partial charge in [0.2, 0.25) is 0 Å². The number of anilines is 1. The lowest BCUT2D eigenvalue weighted by atomic mass is 9.92. The highest BCUT2D eigenvalue weighted by Crippen LogP contribution is 2.27. The van der Waals surface area contributed by atoms with Gasteiger partial charge in [-0.1, -0.05) is 27.7 Å². The summed E-state index contributed by atoms with van der Waals surface area (Å²) in [6.07, 6.45) is 2.10. The molecule has 0 aliphatic rings. The zero-order valence-electron chi connectivity index (χ0n) is 9.89. The summed E-state index contributed by atoms with van der Waals surface area (Å²) in [6, 6.07) is 0. The zero-order valence-corrected chi connectivity index (χ0v) is 9.89. The molecule has 1 rings (SSSR count). The summed E-state index contributed by atoms with van der Waals surface area (Å²) in [5.74, 6) is 1.90. The molecule has 0 radical (unpaired) electrons. The number of rotatable bonds is 2. The molecule has 0 saturated heterocycles. The van der Waals surface area contributed by atoms with Gasteiger partial charge in [0.15, 0.2) is 0 Å². The molecule has 0 atom stereocenters. The van der Waals surface area contributed by atoms with Crippen LogP contribution < -0.4 is 5.73 Å². The van der Waals surface area contributed by atoms with Crippen LogP contribution in [0.5, 0.6) is 0 Å². The predicted molar refractivity (Wildman–Crippen MR) is 60.3 cm³/mol. The van der Waals surface area contributed by atoms with Gasteiger partial charge in [0, 0.05) is 18.9 Å². The van der Waals surface area contributed by atoms with Crippen molar-refractivity contribution in [2.45, 2.75) is 46.0 Å². The number of nitrogen functional groups attached to an aromatic ring is 1. The van der Waals surface area contributed by atoms with Crippen LogP contribution in [-0.2, 0) is 18.9 Å². The molecule has 0 amide bonds. The van der Waals surface area contributed by atoms with E-state index in [-0.39, 0.29) is 5.41 Å². The van der Waals surface area contributed by atoms with Crippen LogP contribution in [0.4, 0.5) is 5.82 Å². The van der Waals surface area contributed by atoms with Gasteiger partial charge in [-0.05, 0) is 6.42 Å².